The maximum atomic E-state index is 10.9. The summed E-state index contributed by atoms with van der Waals surface area (Å²) in [5.41, 5.74) is 2.03. The standard InChI is InChI=1S/C21H24N6OS/c1-15-6-9-22-20(12-15)25-19-5-3-4-17(24-19)18-13-23-21(29-18)26(2)16-7-10-27(14-28)11-8-16/h3-6,9,12-14,16H,7-8,10-11H2,1-2H3,(H,22,24,25). The smallest absolute Gasteiger partial charge is 0.209 e. The Balaban J connectivity index is 1.47. The number of carbonyl (C=O) groups excluding carboxylic acids is 1. The topological polar surface area (TPSA) is 74.2 Å². The molecule has 150 valence electrons. The number of rotatable bonds is 6. The summed E-state index contributed by atoms with van der Waals surface area (Å²) < 4.78 is 0. The molecule has 1 aliphatic rings. The lowest BCUT2D eigenvalue weighted by molar-refractivity contribution is -0.119. The molecule has 1 amide bonds. The fourth-order valence-electron chi connectivity index (χ4n) is 3.46. The molecule has 3 aromatic rings. The molecule has 7 nitrogen and oxygen atoms in total. The second-order valence-electron chi connectivity index (χ2n) is 7.24. The maximum Gasteiger partial charge on any atom is 0.209 e. The van der Waals surface area contributed by atoms with Gasteiger partial charge in [0.15, 0.2) is 5.13 Å². The number of aryl methyl sites for hydroxylation is 1. The Hall–Kier alpha value is -3.00. The minimum absolute atomic E-state index is 0.401. The molecule has 0 aromatic carbocycles. The number of carbonyl (C=O) groups is 1. The summed E-state index contributed by atoms with van der Waals surface area (Å²) in [7, 11) is 2.08. The lowest BCUT2D eigenvalue weighted by Crippen LogP contribution is -2.42. The number of nitrogens with one attached hydrogen (secondary N) is 1. The van der Waals surface area contributed by atoms with Crippen molar-refractivity contribution in [3.63, 3.8) is 0 Å². The highest BCUT2D eigenvalue weighted by Gasteiger charge is 2.23. The van der Waals surface area contributed by atoms with Crippen LogP contribution in [0.5, 0.6) is 0 Å². The van der Waals surface area contributed by atoms with E-state index < -0.39 is 0 Å². The van der Waals surface area contributed by atoms with Crippen molar-refractivity contribution in [1.82, 2.24) is 19.9 Å². The molecule has 0 spiro atoms. The van der Waals surface area contributed by atoms with Crippen LogP contribution in [0.2, 0.25) is 0 Å². The van der Waals surface area contributed by atoms with Gasteiger partial charge >= 0.3 is 0 Å². The van der Waals surface area contributed by atoms with Gasteiger partial charge in [-0.05, 0) is 49.6 Å². The lowest BCUT2D eigenvalue weighted by Gasteiger charge is -2.34. The Morgan fingerprint density at radius 1 is 1.21 bits per heavy atom. The summed E-state index contributed by atoms with van der Waals surface area (Å²) in [6.45, 7) is 3.65. The van der Waals surface area contributed by atoms with Crippen LogP contribution in [0, 0.1) is 6.92 Å². The maximum absolute atomic E-state index is 10.9. The molecule has 8 heteroatoms. The molecule has 0 radical (unpaired) electrons. The van der Waals surface area contributed by atoms with E-state index in [0.717, 1.165) is 65.2 Å². The summed E-state index contributed by atoms with van der Waals surface area (Å²) in [6, 6.07) is 10.3. The summed E-state index contributed by atoms with van der Waals surface area (Å²) in [5, 5.41) is 4.24. The van der Waals surface area contributed by atoms with E-state index in [1.54, 1.807) is 17.5 Å². The van der Waals surface area contributed by atoms with Crippen molar-refractivity contribution < 1.29 is 4.79 Å². The summed E-state index contributed by atoms with van der Waals surface area (Å²) in [4.78, 5) is 29.7. The first-order valence-corrected chi connectivity index (χ1v) is 10.5. The van der Waals surface area contributed by atoms with Gasteiger partial charge in [-0.1, -0.05) is 17.4 Å². The molecule has 0 atom stereocenters. The Kier molecular flexibility index (Phi) is 5.71. The summed E-state index contributed by atoms with van der Waals surface area (Å²) in [5.74, 6) is 1.53. The van der Waals surface area contributed by atoms with Gasteiger partial charge in [-0.3, -0.25) is 4.79 Å². The molecule has 0 aliphatic carbocycles. The van der Waals surface area contributed by atoms with E-state index in [0.29, 0.717) is 6.04 Å². The average Bonchev–Trinajstić information content (AvgIpc) is 3.24. The fourth-order valence-corrected chi connectivity index (χ4v) is 4.38. The summed E-state index contributed by atoms with van der Waals surface area (Å²) >= 11 is 1.64. The fraction of sp³-hybridized carbons (Fsp3) is 0.333. The van der Waals surface area contributed by atoms with Crippen molar-refractivity contribution in [2.45, 2.75) is 25.8 Å². The van der Waals surface area contributed by atoms with Crippen LogP contribution in [-0.4, -0.2) is 52.4 Å². The number of hydrogen-bond acceptors (Lipinski definition) is 7. The highest BCUT2D eigenvalue weighted by Crippen LogP contribution is 2.32. The third-order valence-corrected chi connectivity index (χ3v) is 6.27. The monoisotopic (exact) mass is 408 g/mol. The van der Waals surface area contributed by atoms with E-state index in [2.05, 4.69) is 27.2 Å². The van der Waals surface area contributed by atoms with Crippen LogP contribution >= 0.6 is 11.3 Å². The minimum atomic E-state index is 0.401. The number of likely N-dealkylation sites (tertiary alicyclic amines) is 1. The quantitative estimate of drug-likeness (QED) is 0.627. The van der Waals surface area contributed by atoms with Crippen molar-refractivity contribution in [2.24, 2.45) is 0 Å². The molecule has 4 heterocycles. The number of amides is 1. The largest absolute Gasteiger partial charge is 0.348 e. The second kappa shape index (κ2) is 8.57. The van der Waals surface area contributed by atoms with Crippen molar-refractivity contribution in [3.05, 3.63) is 48.3 Å². The molecule has 1 N–H and O–H groups in total. The van der Waals surface area contributed by atoms with Gasteiger partial charge in [-0.15, -0.1) is 0 Å². The van der Waals surface area contributed by atoms with Crippen LogP contribution < -0.4 is 10.2 Å². The molecule has 0 bridgehead atoms. The zero-order chi connectivity index (χ0) is 20.2. The molecular formula is C21H24N6OS. The first kappa shape index (κ1) is 19.3. The second-order valence-corrected chi connectivity index (χ2v) is 8.25. The van der Waals surface area contributed by atoms with Gasteiger partial charge in [0.2, 0.25) is 6.41 Å². The van der Waals surface area contributed by atoms with Gasteiger partial charge in [0, 0.05) is 38.6 Å². The Bertz CT molecular complexity index is 983. The Morgan fingerprint density at radius 3 is 2.79 bits per heavy atom. The predicted molar refractivity (Wildman–Crippen MR) is 117 cm³/mol. The number of aromatic nitrogens is 3. The lowest BCUT2D eigenvalue weighted by atomic mass is 10.0. The number of pyridine rings is 2. The van der Waals surface area contributed by atoms with Gasteiger partial charge in [-0.25, -0.2) is 15.0 Å². The van der Waals surface area contributed by atoms with Gasteiger partial charge in [0.05, 0.1) is 10.6 Å². The number of hydrogen-bond donors (Lipinski definition) is 1. The zero-order valence-corrected chi connectivity index (χ0v) is 17.4. The third kappa shape index (κ3) is 4.54. The van der Waals surface area contributed by atoms with Gasteiger partial charge < -0.3 is 15.1 Å². The zero-order valence-electron chi connectivity index (χ0n) is 16.6. The number of anilines is 3. The van der Waals surface area contributed by atoms with Crippen LogP contribution in [0.4, 0.5) is 16.8 Å². The third-order valence-electron chi connectivity index (χ3n) is 5.16. The van der Waals surface area contributed by atoms with E-state index in [1.807, 2.05) is 48.4 Å². The van der Waals surface area contributed by atoms with Crippen molar-refractivity contribution in [1.29, 1.82) is 0 Å². The van der Waals surface area contributed by atoms with Crippen LogP contribution in [0.25, 0.3) is 10.6 Å². The van der Waals surface area contributed by atoms with Crippen LogP contribution in [-0.2, 0) is 4.79 Å². The normalized spacial score (nSPS) is 14.6. The van der Waals surface area contributed by atoms with Crippen molar-refractivity contribution in [2.75, 3.05) is 30.4 Å². The van der Waals surface area contributed by atoms with Gasteiger partial charge in [0.1, 0.15) is 11.6 Å². The van der Waals surface area contributed by atoms with Gasteiger partial charge in [-0.2, -0.15) is 0 Å². The summed E-state index contributed by atoms with van der Waals surface area (Å²) in [6.07, 6.45) is 6.54. The molecule has 29 heavy (non-hydrogen) atoms. The highest BCUT2D eigenvalue weighted by atomic mass is 32.1. The Morgan fingerprint density at radius 2 is 2.03 bits per heavy atom. The van der Waals surface area contributed by atoms with Gasteiger partial charge in [0.25, 0.3) is 0 Å². The predicted octanol–water partition coefficient (Wildman–Crippen LogP) is 3.71. The molecule has 0 unspecified atom stereocenters. The van der Waals surface area contributed by atoms with Crippen molar-refractivity contribution in [3.8, 4) is 10.6 Å². The molecule has 1 aliphatic heterocycles. The molecular weight excluding hydrogens is 384 g/mol. The molecule has 1 saturated heterocycles. The minimum Gasteiger partial charge on any atom is -0.348 e. The molecule has 1 fully saturated rings. The van der Waals surface area contributed by atoms with E-state index in [4.69, 9.17) is 4.98 Å². The van der Waals surface area contributed by atoms with E-state index >= 15 is 0 Å². The average molecular weight is 409 g/mol. The first-order chi connectivity index (χ1) is 14.1. The van der Waals surface area contributed by atoms with Crippen LogP contribution in [0.1, 0.15) is 18.4 Å². The van der Waals surface area contributed by atoms with Crippen molar-refractivity contribution >= 4 is 34.5 Å². The molecule has 3 aromatic heterocycles. The van der Waals surface area contributed by atoms with Crippen LogP contribution in [0.15, 0.2) is 42.7 Å². The molecule has 4 rings (SSSR count). The van der Waals surface area contributed by atoms with E-state index in [1.165, 1.54) is 0 Å². The first-order valence-electron chi connectivity index (χ1n) is 9.67. The Labute approximate surface area is 174 Å². The highest BCUT2D eigenvalue weighted by molar-refractivity contribution is 7.18. The SMILES string of the molecule is Cc1ccnc(Nc2cccc(-c3cnc(N(C)C4CCN(C=O)CC4)s3)n2)c1. The number of thiazole rings is 1. The van der Waals surface area contributed by atoms with Crippen LogP contribution in [0.3, 0.4) is 0 Å². The number of piperidine rings is 1. The molecule has 0 saturated carbocycles. The number of nitrogens with zero attached hydrogens (tertiary/aromatic N) is 5. The van der Waals surface area contributed by atoms with E-state index in [9.17, 15) is 4.79 Å². The van der Waals surface area contributed by atoms with E-state index in [-0.39, 0.29) is 0 Å².